The molecule has 0 saturated heterocycles. The summed E-state index contributed by atoms with van der Waals surface area (Å²) in [5.41, 5.74) is -0.836. The fourth-order valence-corrected chi connectivity index (χ4v) is 0.762. The average molecular weight is 169 g/mol. The zero-order valence-corrected chi connectivity index (χ0v) is 7.55. The second-order valence-electron chi connectivity index (χ2n) is 2.87. The second-order valence-corrected chi connectivity index (χ2v) is 2.87. The molecule has 12 heavy (non-hydrogen) atoms. The van der Waals surface area contributed by atoms with Gasteiger partial charge < -0.3 is 10.4 Å². The van der Waals surface area contributed by atoms with Crippen LogP contribution < -0.4 is 5.32 Å². The van der Waals surface area contributed by atoms with E-state index in [0.717, 1.165) is 0 Å². The van der Waals surface area contributed by atoms with Gasteiger partial charge in [0.2, 0.25) is 0 Å². The number of carboxylic acids is 1. The van der Waals surface area contributed by atoms with Gasteiger partial charge in [0.1, 0.15) is 5.54 Å². The van der Waals surface area contributed by atoms with E-state index in [1.807, 2.05) is 6.92 Å². The summed E-state index contributed by atoms with van der Waals surface area (Å²) in [6.45, 7) is 4.04. The van der Waals surface area contributed by atoms with Crippen molar-refractivity contribution >= 4 is 5.97 Å². The molecule has 0 amide bonds. The predicted molar refractivity (Wildman–Crippen MR) is 47.8 cm³/mol. The molecule has 0 aromatic rings. The van der Waals surface area contributed by atoms with Gasteiger partial charge in [-0.15, -0.1) is 12.3 Å². The topological polar surface area (TPSA) is 49.3 Å². The molecule has 0 spiro atoms. The van der Waals surface area contributed by atoms with Crippen molar-refractivity contribution in [1.82, 2.24) is 5.32 Å². The van der Waals surface area contributed by atoms with Gasteiger partial charge in [0.15, 0.2) is 0 Å². The summed E-state index contributed by atoms with van der Waals surface area (Å²) in [6, 6.07) is 0. The van der Waals surface area contributed by atoms with E-state index in [9.17, 15) is 4.79 Å². The Morgan fingerprint density at radius 2 is 2.33 bits per heavy atom. The molecule has 0 aliphatic heterocycles. The van der Waals surface area contributed by atoms with E-state index in [-0.39, 0.29) is 0 Å². The van der Waals surface area contributed by atoms with E-state index in [4.69, 9.17) is 11.5 Å². The summed E-state index contributed by atoms with van der Waals surface area (Å²) in [4.78, 5) is 10.7. The SMILES string of the molecule is C#CCCNC(C)(CC)C(=O)O. The van der Waals surface area contributed by atoms with Crippen molar-refractivity contribution < 1.29 is 9.90 Å². The van der Waals surface area contributed by atoms with Gasteiger partial charge in [0.25, 0.3) is 0 Å². The van der Waals surface area contributed by atoms with Crippen molar-refractivity contribution in [2.45, 2.75) is 32.2 Å². The molecule has 0 bridgehead atoms. The van der Waals surface area contributed by atoms with Gasteiger partial charge in [-0.05, 0) is 13.3 Å². The van der Waals surface area contributed by atoms with Crippen LogP contribution >= 0.6 is 0 Å². The van der Waals surface area contributed by atoms with Crippen LogP contribution in [-0.2, 0) is 4.79 Å². The fourth-order valence-electron chi connectivity index (χ4n) is 0.762. The van der Waals surface area contributed by atoms with Gasteiger partial charge in [-0.3, -0.25) is 4.79 Å². The van der Waals surface area contributed by atoms with Crippen molar-refractivity contribution in [1.29, 1.82) is 0 Å². The van der Waals surface area contributed by atoms with Crippen LogP contribution in [-0.4, -0.2) is 23.2 Å². The number of carbonyl (C=O) groups is 1. The van der Waals surface area contributed by atoms with Crippen molar-refractivity contribution in [3.05, 3.63) is 0 Å². The van der Waals surface area contributed by atoms with Gasteiger partial charge >= 0.3 is 5.97 Å². The maximum absolute atomic E-state index is 10.7. The van der Waals surface area contributed by atoms with Gasteiger partial charge in [-0.1, -0.05) is 6.92 Å². The third-order valence-electron chi connectivity index (χ3n) is 1.96. The molecule has 1 unspecified atom stereocenters. The lowest BCUT2D eigenvalue weighted by molar-refractivity contribution is -0.144. The lowest BCUT2D eigenvalue weighted by atomic mass is 9.99. The van der Waals surface area contributed by atoms with Crippen molar-refractivity contribution in [3.8, 4) is 12.3 Å². The van der Waals surface area contributed by atoms with Crippen LogP contribution in [0.15, 0.2) is 0 Å². The number of hydrogen-bond acceptors (Lipinski definition) is 2. The first-order valence-corrected chi connectivity index (χ1v) is 3.98. The van der Waals surface area contributed by atoms with Crippen molar-refractivity contribution in [3.63, 3.8) is 0 Å². The molecule has 0 aliphatic carbocycles. The Bertz CT molecular complexity index is 195. The molecule has 0 aliphatic rings. The molecule has 3 nitrogen and oxygen atoms in total. The van der Waals surface area contributed by atoms with E-state index < -0.39 is 11.5 Å². The molecule has 0 fully saturated rings. The van der Waals surface area contributed by atoms with Crippen LogP contribution in [0.2, 0.25) is 0 Å². The minimum atomic E-state index is -0.836. The number of terminal acetylenes is 1. The molecule has 0 aromatic heterocycles. The molecule has 0 aromatic carbocycles. The third-order valence-corrected chi connectivity index (χ3v) is 1.96. The summed E-state index contributed by atoms with van der Waals surface area (Å²) in [5, 5.41) is 11.7. The number of rotatable bonds is 5. The second kappa shape index (κ2) is 4.78. The first-order valence-electron chi connectivity index (χ1n) is 3.98. The Balaban J connectivity index is 3.99. The van der Waals surface area contributed by atoms with Crippen LogP contribution in [0.4, 0.5) is 0 Å². The Labute approximate surface area is 73.2 Å². The summed E-state index contributed by atoms with van der Waals surface area (Å²) in [7, 11) is 0. The zero-order valence-electron chi connectivity index (χ0n) is 7.55. The molecule has 0 radical (unpaired) electrons. The summed E-state index contributed by atoms with van der Waals surface area (Å²) >= 11 is 0. The smallest absolute Gasteiger partial charge is 0.323 e. The van der Waals surface area contributed by atoms with Crippen LogP contribution in [0.3, 0.4) is 0 Å². The molecule has 0 saturated carbocycles. The van der Waals surface area contributed by atoms with E-state index in [0.29, 0.717) is 19.4 Å². The van der Waals surface area contributed by atoms with Crippen LogP contribution in [0, 0.1) is 12.3 Å². The third kappa shape index (κ3) is 2.93. The highest BCUT2D eigenvalue weighted by Crippen LogP contribution is 2.08. The average Bonchev–Trinajstić information content (AvgIpc) is 2.04. The summed E-state index contributed by atoms with van der Waals surface area (Å²) < 4.78 is 0. The Morgan fingerprint density at radius 3 is 2.67 bits per heavy atom. The largest absolute Gasteiger partial charge is 0.480 e. The first kappa shape index (κ1) is 11.0. The van der Waals surface area contributed by atoms with Gasteiger partial charge in [-0.2, -0.15) is 0 Å². The number of aliphatic carboxylic acids is 1. The van der Waals surface area contributed by atoms with Crippen LogP contribution in [0.25, 0.3) is 0 Å². The molecule has 0 heterocycles. The molecule has 68 valence electrons. The number of carboxylic acid groups (broad SMARTS) is 1. The van der Waals surface area contributed by atoms with E-state index in [1.165, 1.54) is 0 Å². The highest BCUT2D eigenvalue weighted by Gasteiger charge is 2.29. The molecular formula is C9H15NO2. The number of nitrogens with one attached hydrogen (secondary N) is 1. The highest BCUT2D eigenvalue weighted by molar-refractivity contribution is 5.78. The fraction of sp³-hybridized carbons (Fsp3) is 0.667. The van der Waals surface area contributed by atoms with Crippen molar-refractivity contribution in [2.75, 3.05) is 6.54 Å². The maximum atomic E-state index is 10.7. The molecular weight excluding hydrogens is 154 g/mol. The highest BCUT2D eigenvalue weighted by atomic mass is 16.4. The molecule has 3 heteroatoms. The minimum Gasteiger partial charge on any atom is -0.480 e. The van der Waals surface area contributed by atoms with E-state index >= 15 is 0 Å². The predicted octanol–water partition coefficient (Wildman–Crippen LogP) is 0.853. The Hall–Kier alpha value is -1.01. The van der Waals surface area contributed by atoms with Crippen molar-refractivity contribution in [2.24, 2.45) is 0 Å². The quantitative estimate of drug-likeness (QED) is 0.474. The van der Waals surface area contributed by atoms with E-state index in [2.05, 4.69) is 11.2 Å². The Morgan fingerprint density at radius 1 is 1.75 bits per heavy atom. The monoisotopic (exact) mass is 169 g/mol. The lowest BCUT2D eigenvalue weighted by Gasteiger charge is -2.23. The Kier molecular flexibility index (Phi) is 4.38. The molecule has 0 rings (SSSR count). The first-order chi connectivity index (χ1) is 5.56. The number of hydrogen-bond donors (Lipinski definition) is 2. The summed E-state index contributed by atoms with van der Waals surface area (Å²) in [5.74, 6) is 1.62. The van der Waals surface area contributed by atoms with Gasteiger partial charge in [0.05, 0.1) is 0 Å². The lowest BCUT2D eigenvalue weighted by Crippen LogP contribution is -2.49. The van der Waals surface area contributed by atoms with Crippen LogP contribution in [0.5, 0.6) is 0 Å². The maximum Gasteiger partial charge on any atom is 0.323 e. The molecule has 1 atom stereocenters. The minimum absolute atomic E-state index is 0.549. The normalized spacial score (nSPS) is 14.8. The van der Waals surface area contributed by atoms with Gasteiger partial charge in [-0.25, -0.2) is 0 Å². The summed E-state index contributed by atoms with van der Waals surface area (Å²) in [6.07, 6.45) is 6.14. The molecule has 2 N–H and O–H groups in total. The van der Waals surface area contributed by atoms with Crippen LogP contribution in [0.1, 0.15) is 26.7 Å². The van der Waals surface area contributed by atoms with Gasteiger partial charge in [0, 0.05) is 13.0 Å². The standard InChI is InChI=1S/C9H15NO2/c1-4-6-7-10-9(3,5-2)8(11)12/h1,10H,5-7H2,2-3H3,(H,11,12). The van der Waals surface area contributed by atoms with E-state index in [1.54, 1.807) is 6.92 Å². The zero-order chi connectivity index (χ0) is 9.61.